The summed E-state index contributed by atoms with van der Waals surface area (Å²) in [5, 5.41) is 4.48. The maximum atomic E-state index is 11.4. The molecule has 1 heterocycles. The summed E-state index contributed by atoms with van der Waals surface area (Å²) in [6.07, 6.45) is 1.67. The van der Waals surface area contributed by atoms with Crippen molar-refractivity contribution in [2.75, 3.05) is 12.3 Å². The smallest absolute Gasteiger partial charge is 0.322 e. The molecule has 98 valence electrons. The average molecular weight is 263 g/mol. The molecule has 1 rings (SSSR count). The van der Waals surface area contributed by atoms with Crippen LogP contribution in [-0.4, -0.2) is 38.7 Å². The van der Waals surface area contributed by atoms with Gasteiger partial charge in [0.1, 0.15) is 6.04 Å². The molecule has 0 spiro atoms. The van der Waals surface area contributed by atoms with E-state index in [0.29, 0.717) is 6.42 Å². The Labute approximate surface area is 100 Å². The van der Waals surface area contributed by atoms with Gasteiger partial charge in [-0.25, -0.2) is 17.9 Å². The van der Waals surface area contributed by atoms with Crippen molar-refractivity contribution >= 4 is 22.0 Å². The number of imide groups is 1. The van der Waals surface area contributed by atoms with Crippen LogP contribution in [0.2, 0.25) is 0 Å². The molecule has 0 aromatic heterocycles. The van der Waals surface area contributed by atoms with Gasteiger partial charge in [0.15, 0.2) is 0 Å². The first-order valence-corrected chi connectivity index (χ1v) is 7.18. The zero-order valence-corrected chi connectivity index (χ0v) is 10.5. The van der Waals surface area contributed by atoms with Gasteiger partial charge in [-0.3, -0.25) is 10.1 Å². The van der Waals surface area contributed by atoms with Crippen molar-refractivity contribution < 1.29 is 18.0 Å². The predicted molar refractivity (Wildman–Crippen MR) is 61.8 cm³/mol. The quantitative estimate of drug-likeness (QED) is 0.528. The van der Waals surface area contributed by atoms with Crippen molar-refractivity contribution in [3.8, 4) is 0 Å². The van der Waals surface area contributed by atoms with Crippen LogP contribution in [0.5, 0.6) is 0 Å². The van der Waals surface area contributed by atoms with Gasteiger partial charge in [0, 0.05) is 6.54 Å². The highest BCUT2D eigenvalue weighted by molar-refractivity contribution is 7.89. The molecular formula is C9H17N3O4S. The fourth-order valence-electron chi connectivity index (χ4n) is 1.43. The molecule has 0 aromatic carbocycles. The minimum Gasteiger partial charge on any atom is -0.326 e. The Morgan fingerprint density at radius 2 is 2.06 bits per heavy atom. The number of hydrogen-bond donors (Lipinski definition) is 3. The fourth-order valence-corrected chi connectivity index (χ4v) is 2.67. The van der Waals surface area contributed by atoms with Crippen LogP contribution in [0.4, 0.5) is 4.79 Å². The Balaban J connectivity index is 2.28. The first-order valence-electron chi connectivity index (χ1n) is 5.53. The Kier molecular flexibility index (Phi) is 4.88. The molecule has 0 saturated carbocycles. The summed E-state index contributed by atoms with van der Waals surface area (Å²) in [6.45, 7) is 2.05. The molecule has 1 aliphatic heterocycles. The number of rotatable bonds is 7. The lowest BCUT2D eigenvalue weighted by atomic mass is 10.2. The van der Waals surface area contributed by atoms with E-state index in [4.69, 9.17) is 0 Å². The van der Waals surface area contributed by atoms with Crippen LogP contribution in [0.1, 0.15) is 26.2 Å². The molecule has 1 fully saturated rings. The zero-order chi connectivity index (χ0) is 12.9. The third-order valence-electron chi connectivity index (χ3n) is 2.38. The van der Waals surface area contributed by atoms with E-state index in [0.717, 1.165) is 6.42 Å². The van der Waals surface area contributed by atoms with E-state index >= 15 is 0 Å². The van der Waals surface area contributed by atoms with Crippen LogP contribution >= 0.6 is 0 Å². The van der Waals surface area contributed by atoms with E-state index in [2.05, 4.69) is 15.4 Å². The van der Waals surface area contributed by atoms with Gasteiger partial charge in [0.05, 0.1) is 5.75 Å². The number of carbonyl (C=O) groups excluding carboxylic acids is 2. The summed E-state index contributed by atoms with van der Waals surface area (Å²) in [4.78, 5) is 21.9. The molecule has 8 heteroatoms. The van der Waals surface area contributed by atoms with Crippen molar-refractivity contribution in [1.82, 2.24) is 15.4 Å². The standard InChI is InChI=1S/C9H17N3O4S/c1-2-3-6-17(15,16)10-5-4-7-8(13)12-9(14)11-7/h7,10H,2-6H2,1H3,(H2,11,12,13,14). The van der Waals surface area contributed by atoms with Crippen molar-refractivity contribution in [2.24, 2.45) is 0 Å². The van der Waals surface area contributed by atoms with Gasteiger partial charge < -0.3 is 5.32 Å². The Morgan fingerprint density at radius 3 is 2.59 bits per heavy atom. The van der Waals surface area contributed by atoms with E-state index < -0.39 is 28.0 Å². The summed E-state index contributed by atoms with van der Waals surface area (Å²) < 4.78 is 25.2. The van der Waals surface area contributed by atoms with E-state index in [9.17, 15) is 18.0 Å². The second-order valence-corrected chi connectivity index (χ2v) is 5.80. The predicted octanol–water partition coefficient (Wildman–Crippen LogP) is -0.696. The molecule has 1 unspecified atom stereocenters. The highest BCUT2D eigenvalue weighted by Gasteiger charge is 2.28. The first kappa shape index (κ1) is 13.9. The summed E-state index contributed by atoms with van der Waals surface area (Å²) >= 11 is 0. The molecule has 7 nitrogen and oxygen atoms in total. The second kappa shape index (κ2) is 5.97. The number of sulfonamides is 1. The lowest BCUT2D eigenvalue weighted by Crippen LogP contribution is -2.35. The lowest BCUT2D eigenvalue weighted by Gasteiger charge is -2.08. The van der Waals surface area contributed by atoms with E-state index in [1.54, 1.807) is 0 Å². The minimum absolute atomic E-state index is 0.0900. The van der Waals surface area contributed by atoms with Gasteiger partial charge in [-0.2, -0.15) is 0 Å². The van der Waals surface area contributed by atoms with Crippen LogP contribution in [0.15, 0.2) is 0 Å². The number of unbranched alkanes of at least 4 members (excludes halogenated alkanes) is 1. The van der Waals surface area contributed by atoms with Crippen molar-refractivity contribution in [3.63, 3.8) is 0 Å². The molecule has 1 aliphatic rings. The summed E-state index contributed by atoms with van der Waals surface area (Å²) in [5.41, 5.74) is 0. The van der Waals surface area contributed by atoms with Crippen LogP contribution in [-0.2, 0) is 14.8 Å². The fraction of sp³-hybridized carbons (Fsp3) is 0.778. The van der Waals surface area contributed by atoms with Crippen LogP contribution in [0.3, 0.4) is 0 Å². The molecule has 0 radical (unpaired) electrons. The average Bonchev–Trinajstić information content (AvgIpc) is 2.55. The summed E-state index contributed by atoms with van der Waals surface area (Å²) in [7, 11) is -3.26. The topological polar surface area (TPSA) is 104 Å². The molecule has 3 amide bonds. The molecule has 3 N–H and O–H groups in total. The lowest BCUT2D eigenvalue weighted by molar-refractivity contribution is -0.120. The zero-order valence-electron chi connectivity index (χ0n) is 9.65. The van der Waals surface area contributed by atoms with Gasteiger partial charge in [0.25, 0.3) is 5.91 Å². The normalized spacial score (nSPS) is 20.2. The van der Waals surface area contributed by atoms with Crippen molar-refractivity contribution in [2.45, 2.75) is 32.2 Å². The molecule has 0 aromatic rings. The van der Waals surface area contributed by atoms with Crippen molar-refractivity contribution in [1.29, 1.82) is 0 Å². The van der Waals surface area contributed by atoms with Gasteiger partial charge in [-0.15, -0.1) is 0 Å². The Hall–Kier alpha value is -1.15. The number of amides is 3. The summed E-state index contributed by atoms with van der Waals surface area (Å²) in [5.74, 6) is -0.324. The molecular weight excluding hydrogens is 246 g/mol. The number of hydrogen-bond acceptors (Lipinski definition) is 4. The number of carbonyl (C=O) groups is 2. The molecule has 1 saturated heterocycles. The van der Waals surface area contributed by atoms with Gasteiger partial charge in [0.2, 0.25) is 10.0 Å². The van der Waals surface area contributed by atoms with E-state index in [-0.39, 0.29) is 18.7 Å². The maximum Gasteiger partial charge on any atom is 0.322 e. The Bertz CT molecular complexity index is 393. The number of urea groups is 1. The molecule has 1 atom stereocenters. The SMILES string of the molecule is CCCCS(=O)(=O)NCCC1NC(=O)NC1=O. The maximum absolute atomic E-state index is 11.4. The number of nitrogens with one attached hydrogen (secondary N) is 3. The van der Waals surface area contributed by atoms with E-state index in [1.807, 2.05) is 6.92 Å². The highest BCUT2D eigenvalue weighted by atomic mass is 32.2. The highest BCUT2D eigenvalue weighted by Crippen LogP contribution is 1.99. The third kappa shape index (κ3) is 4.70. The first-order chi connectivity index (χ1) is 7.94. The second-order valence-electron chi connectivity index (χ2n) is 3.87. The largest absolute Gasteiger partial charge is 0.326 e. The third-order valence-corrected chi connectivity index (χ3v) is 3.85. The molecule has 0 bridgehead atoms. The van der Waals surface area contributed by atoms with Crippen LogP contribution in [0.25, 0.3) is 0 Å². The van der Waals surface area contributed by atoms with Crippen LogP contribution < -0.4 is 15.4 Å². The summed E-state index contributed by atoms with van der Waals surface area (Å²) in [6, 6.07) is -1.18. The van der Waals surface area contributed by atoms with E-state index in [1.165, 1.54) is 0 Å². The van der Waals surface area contributed by atoms with Gasteiger partial charge in [-0.1, -0.05) is 13.3 Å². The van der Waals surface area contributed by atoms with Crippen LogP contribution in [0, 0.1) is 0 Å². The minimum atomic E-state index is -3.26. The van der Waals surface area contributed by atoms with Crippen molar-refractivity contribution in [3.05, 3.63) is 0 Å². The molecule has 0 aliphatic carbocycles. The Morgan fingerprint density at radius 1 is 1.35 bits per heavy atom. The monoisotopic (exact) mass is 263 g/mol. The van der Waals surface area contributed by atoms with Gasteiger partial charge in [-0.05, 0) is 12.8 Å². The van der Waals surface area contributed by atoms with Gasteiger partial charge >= 0.3 is 6.03 Å². The molecule has 17 heavy (non-hydrogen) atoms.